The average molecular weight is 334 g/mol. The number of halogens is 1. The molecule has 106 valence electrons. The molecule has 1 atom stereocenters. The molecule has 2 rings (SSSR count). The fraction of sp³-hybridized carbons (Fsp3) is 0.375. The zero-order valence-electron chi connectivity index (χ0n) is 11.9. The highest BCUT2D eigenvalue weighted by atomic mass is 79.9. The third-order valence-electron chi connectivity index (χ3n) is 3.17. The molecule has 0 bridgehead atoms. The van der Waals surface area contributed by atoms with Gasteiger partial charge in [0, 0.05) is 40.7 Å². The smallest absolute Gasteiger partial charge is 0.0423 e. The summed E-state index contributed by atoms with van der Waals surface area (Å²) in [6.45, 7) is 5.21. The molecule has 0 aliphatic heterocycles. The minimum Gasteiger partial charge on any atom is -0.310 e. The molecular formula is C16H20BrN3. The molecule has 4 heteroatoms. The van der Waals surface area contributed by atoms with Crippen molar-refractivity contribution >= 4 is 15.9 Å². The lowest BCUT2D eigenvalue weighted by atomic mass is 10.0. The predicted molar refractivity (Wildman–Crippen MR) is 85.6 cm³/mol. The van der Waals surface area contributed by atoms with Crippen LogP contribution in [0.1, 0.15) is 36.3 Å². The van der Waals surface area contributed by atoms with E-state index < -0.39 is 0 Å². The van der Waals surface area contributed by atoms with Gasteiger partial charge in [-0.1, -0.05) is 6.92 Å². The number of hydrogen-bond donors (Lipinski definition) is 1. The van der Waals surface area contributed by atoms with Gasteiger partial charge < -0.3 is 5.32 Å². The summed E-state index contributed by atoms with van der Waals surface area (Å²) in [5.74, 6) is 0. The van der Waals surface area contributed by atoms with Crippen molar-refractivity contribution in [1.82, 2.24) is 15.3 Å². The molecule has 0 radical (unpaired) electrons. The maximum Gasteiger partial charge on any atom is 0.0423 e. The van der Waals surface area contributed by atoms with E-state index in [1.54, 1.807) is 0 Å². The van der Waals surface area contributed by atoms with Crippen LogP contribution in [-0.4, -0.2) is 16.5 Å². The standard InChI is InChI=1S/C16H20BrN3/c1-3-7-19-16(13-6-8-18-12(2)9-13)10-15-5-4-14(17)11-20-15/h4-6,8-9,11,16,19H,3,7,10H2,1-2H3. The largest absolute Gasteiger partial charge is 0.310 e. The third-order valence-corrected chi connectivity index (χ3v) is 3.63. The van der Waals surface area contributed by atoms with Gasteiger partial charge in [0.15, 0.2) is 0 Å². The fourth-order valence-corrected chi connectivity index (χ4v) is 2.38. The molecule has 2 aromatic heterocycles. The van der Waals surface area contributed by atoms with Gasteiger partial charge in [-0.05, 0) is 65.6 Å². The van der Waals surface area contributed by atoms with Gasteiger partial charge in [-0.3, -0.25) is 9.97 Å². The zero-order valence-corrected chi connectivity index (χ0v) is 13.5. The second kappa shape index (κ2) is 7.50. The Morgan fingerprint density at radius 1 is 1.25 bits per heavy atom. The van der Waals surface area contributed by atoms with Gasteiger partial charge in [0.2, 0.25) is 0 Å². The Morgan fingerprint density at radius 3 is 2.75 bits per heavy atom. The lowest BCUT2D eigenvalue weighted by molar-refractivity contribution is 0.523. The van der Waals surface area contributed by atoms with E-state index in [0.717, 1.165) is 35.2 Å². The van der Waals surface area contributed by atoms with Crippen LogP contribution in [0.3, 0.4) is 0 Å². The van der Waals surface area contributed by atoms with E-state index in [1.807, 2.05) is 25.4 Å². The summed E-state index contributed by atoms with van der Waals surface area (Å²) in [7, 11) is 0. The van der Waals surface area contributed by atoms with Gasteiger partial charge in [-0.2, -0.15) is 0 Å². The van der Waals surface area contributed by atoms with E-state index in [-0.39, 0.29) is 6.04 Å². The van der Waals surface area contributed by atoms with E-state index in [0.29, 0.717) is 0 Å². The van der Waals surface area contributed by atoms with Gasteiger partial charge in [0.1, 0.15) is 0 Å². The number of nitrogens with zero attached hydrogens (tertiary/aromatic N) is 2. The Kier molecular flexibility index (Phi) is 5.68. The molecular weight excluding hydrogens is 314 g/mol. The molecule has 0 aromatic carbocycles. The molecule has 0 saturated carbocycles. The SMILES string of the molecule is CCCNC(Cc1ccc(Br)cn1)c1ccnc(C)c1. The van der Waals surface area contributed by atoms with Crippen molar-refractivity contribution in [3.05, 3.63) is 58.1 Å². The summed E-state index contributed by atoms with van der Waals surface area (Å²) in [6, 6.07) is 8.62. The van der Waals surface area contributed by atoms with Crippen LogP contribution in [-0.2, 0) is 6.42 Å². The van der Waals surface area contributed by atoms with Crippen molar-refractivity contribution < 1.29 is 0 Å². The number of pyridine rings is 2. The lowest BCUT2D eigenvalue weighted by Gasteiger charge is -2.19. The maximum absolute atomic E-state index is 4.47. The Bertz CT molecular complexity index is 540. The first-order chi connectivity index (χ1) is 9.69. The molecule has 0 fully saturated rings. The molecule has 20 heavy (non-hydrogen) atoms. The molecule has 2 aromatic rings. The second-order valence-electron chi connectivity index (χ2n) is 4.91. The molecule has 0 spiro atoms. The van der Waals surface area contributed by atoms with Crippen molar-refractivity contribution in [1.29, 1.82) is 0 Å². The summed E-state index contributed by atoms with van der Waals surface area (Å²) in [4.78, 5) is 8.74. The molecule has 1 N–H and O–H groups in total. The molecule has 0 aliphatic rings. The average Bonchev–Trinajstić information content (AvgIpc) is 2.45. The predicted octanol–water partition coefficient (Wildman–Crippen LogP) is 3.83. The van der Waals surface area contributed by atoms with Crippen molar-refractivity contribution in [2.45, 2.75) is 32.7 Å². The van der Waals surface area contributed by atoms with Crippen LogP contribution < -0.4 is 5.32 Å². The Hall–Kier alpha value is -1.26. The van der Waals surface area contributed by atoms with Crippen LogP contribution in [0.25, 0.3) is 0 Å². The van der Waals surface area contributed by atoms with E-state index in [2.05, 4.69) is 56.3 Å². The Balaban J connectivity index is 2.16. The van der Waals surface area contributed by atoms with Crippen LogP contribution in [0.15, 0.2) is 41.1 Å². The quantitative estimate of drug-likeness (QED) is 0.872. The second-order valence-corrected chi connectivity index (χ2v) is 5.82. The van der Waals surface area contributed by atoms with Crippen molar-refractivity contribution in [2.75, 3.05) is 6.54 Å². The zero-order chi connectivity index (χ0) is 14.4. The van der Waals surface area contributed by atoms with Gasteiger partial charge in [-0.15, -0.1) is 0 Å². The van der Waals surface area contributed by atoms with E-state index in [4.69, 9.17) is 0 Å². The van der Waals surface area contributed by atoms with E-state index in [9.17, 15) is 0 Å². The number of aryl methyl sites for hydroxylation is 1. The first kappa shape index (κ1) is 15.1. The first-order valence-electron chi connectivity index (χ1n) is 6.95. The highest BCUT2D eigenvalue weighted by molar-refractivity contribution is 9.10. The minimum atomic E-state index is 0.283. The maximum atomic E-state index is 4.47. The summed E-state index contributed by atoms with van der Waals surface area (Å²) in [6.07, 6.45) is 5.73. The van der Waals surface area contributed by atoms with E-state index in [1.165, 1.54) is 5.56 Å². The van der Waals surface area contributed by atoms with Gasteiger partial charge in [-0.25, -0.2) is 0 Å². The van der Waals surface area contributed by atoms with Crippen LogP contribution in [0, 0.1) is 6.92 Å². The molecule has 0 aliphatic carbocycles. The Morgan fingerprint density at radius 2 is 2.10 bits per heavy atom. The molecule has 0 saturated heterocycles. The van der Waals surface area contributed by atoms with E-state index >= 15 is 0 Å². The molecule has 2 heterocycles. The molecule has 0 amide bonds. The highest BCUT2D eigenvalue weighted by Gasteiger charge is 2.12. The number of aromatic nitrogens is 2. The van der Waals surface area contributed by atoms with Crippen LogP contribution in [0.2, 0.25) is 0 Å². The van der Waals surface area contributed by atoms with Crippen LogP contribution >= 0.6 is 15.9 Å². The topological polar surface area (TPSA) is 37.8 Å². The number of nitrogens with one attached hydrogen (secondary N) is 1. The fourth-order valence-electron chi connectivity index (χ4n) is 2.15. The normalized spacial score (nSPS) is 12.3. The summed E-state index contributed by atoms with van der Waals surface area (Å²) < 4.78 is 1.01. The van der Waals surface area contributed by atoms with Crippen LogP contribution in [0.4, 0.5) is 0 Å². The third kappa shape index (κ3) is 4.39. The summed E-state index contributed by atoms with van der Waals surface area (Å²) in [5.41, 5.74) is 3.42. The summed E-state index contributed by atoms with van der Waals surface area (Å²) in [5, 5.41) is 3.60. The van der Waals surface area contributed by atoms with Gasteiger partial charge in [0.25, 0.3) is 0 Å². The van der Waals surface area contributed by atoms with Crippen molar-refractivity contribution in [2.24, 2.45) is 0 Å². The van der Waals surface area contributed by atoms with Crippen molar-refractivity contribution in [3.63, 3.8) is 0 Å². The van der Waals surface area contributed by atoms with Gasteiger partial charge >= 0.3 is 0 Å². The van der Waals surface area contributed by atoms with Gasteiger partial charge in [0.05, 0.1) is 0 Å². The lowest BCUT2D eigenvalue weighted by Crippen LogP contribution is -2.24. The molecule has 1 unspecified atom stereocenters. The monoisotopic (exact) mass is 333 g/mol. The highest BCUT2D eigenvalue weighted by Crippen LogP contribution is 2.19. The number of hydrogen-bond acceptors (Lipinski definition) is 3. The Labute approximate surface area is 129 Å². The number of rotatable bonds is 6. The first-order valence-corrected chi connectivity index (χ1v) is 7.74. The van der Waals surface area contributed by atoms with Crippen LogP contribution in [0.5, 0.6) is 0 Å². The minimum absolute atomic E-state index is 0.283. The van der Waals surface area contributed by atoms with Crippen molar-refractivity contribution in [3.8, 4) is 0 Å². The molecule has 3 nitrogen and oxygen atoms in total. The summed E-state index contributed by atoms with van der Waals surface area (Å²) >= 11 is 3.42.